The fourth-order valence-corrected chi connectivity index (χ4v) is 3.05. The van der Waals surface area contributed by atoms with Crippen molar-refractivity contribution in [1.82, 2.24) is 15.1 Å². The van der Waals surface area contributed by atoms with Crippen LogP contribution in [0.2, 0.25) is 0 Å². The molecular formula is C17H21N3O. The number of hydrogen-bond acceptors (Lipinski definition) is 2. The standard InChI is InChI=1S/C17H21N3O/c1-12(13-7-4-3-5-8-13)17(21)19-15-9-6-10-16-14(15)11-18-20(16)2/h3-5,7-8,11-12,15H,6,9-10H2,1-2H3,(H,19,21)/t12-,15+/m0/s1. The van der Waals surface area contributed by atoms with Crippen molar-refractivity contribution in [3.8, 4) is 0 Å². The van der Waals surface area contributed by atoms with Gasteiger partial charge < -0.3 is 5.32 Å². The summed E-state index contributed by atoms with van der Waals surface area (Å²) in [6, 6.07) is 10.0. The van der Waals surface area contributed by atoms with Gasteiger partial charge in [-0.3, -0.25) is 9.48 Å². The van der Waals surface area contributed by atoms with Crippen molar-refractivity contribution in [2.45, 2.75) is 38.1 Å². The number of amides is 1. The van der Waals surface area contributed by atoms with Crippen LogP contribution < -0.4 is 5.32 Å². The van der Waals surface area contributed by atoms with Gasteiger partial charge in [0.15, 0.2) is 0 Å². The van der Waals surface area contributed by atoms with Gasteiger partial charge in [0, 0.05) is 18.3 Å². The highest BCUT2D eigenvalue weighted by atomic mass is 16.1. The van der Waals surface area contributed by atoms with Gasteiger partial charge in [0.05, 0.1) is 18.2 Å². The summed E-state index contributed by atoms with van der Waals surface area (Å²) in [5, 5.41) is 7.52. The zero-order chi connectivity index (χ0) is 14.8. The lowest BCUT2D eigenvalue weighted by atomic mass is 9.92. The van der Waals surface area contributed by atoms with E-state index in [0.717, 1.165) is 24.8 Å². The normalized spacial score (nSPS) is 18.9. The molecule has 0 spiro atoms. The number of rotatable bonds is 3. The number of fused-ring (bicyclic) bond motifs is 1. The Kier molecular flexibility index (Phi) is 3.78. The van der Waals surface area contributed by atoms with Crippen LogP contribution in [0.3, 0.4) is 0 Å². The first-order chi connectivity index (χ1) is 10.2. The first kappa shape index (κ1) is 13.9. The second-order valence-corrected chi connectivity index (χ2v) is 5.76. The molecule has 0 aliphatic heterocycles. The topological polar surface area (TPSA) is 46.9 Å². The molecule has 2 atom stereocenters. The molecule has 0 saturated carbocycles. The molecule has 0 fully saturated rings. The van der Waals surface area contributed by atoms with Crippen LogP contribution in [0.25, 0.3) is 0 Å². The van der Waals surface area contributed by atoms with Gasteiger partial charge in [0.1, 0.15) is 0 Å². The highest BCUT2D eigenvalue weighted by molar-refractivity contribution is 5.83. The molecule has 0 bridgehead atoms. The molecular weight excluding hydrogens is 262 g/mol. The lowest BCUT2D eigenvalue weighted by molar-refractivity contribution is -0.123. The Morgan fingerprint density at radius 2 is 2.14 bits per heavy atom. The van der Waals surface area contributed by atoms with Crippen LogP contribution in [0.4, 0.5) is 0 Å². The molecule has 0 unspecified atom stereocenters. The van der Waals surface area contributed by atoms with E-state index in [1.165, 1.54) is 11.3 Å². The predicted octanol–water partition coefficient (Wildman–Crippen LogP) is 2.72. The maximum Gasteiger partial charge on any atom is 0.227 e. The number of benzene rings is 1. The second kappa shape index (κ2) is 5.72. The molecule has 1 amide bonds. The molecule has 4 nitrogen and oxygen atoms in total. The predicted molar refractivity (Wildman–Crippen MR) is 81.9 cm³/mol. The number of carbonyl (C=O) groups is 1. The number of nitrogens with one attached hydrogen (secondary N) is 1. The van der Waals surface area contributed by atoms with E-state index >= 15 is 0 Å². The largest absolute Gasteiger partial charge is 0.349 e. The minimum atomic E-state index is -0.131. The molecule has 0 saturated heterocycles. The molecule has 1 aliphatic carbocycles. The summed E-state index contributed by atoms with van der Waals surface area (Å²) in [5.74, 6) is -0.0452. The smallest absolute Gasteiger partial charge is 0.227 e. The third kappa shape index (κ3) is 2.71. The number of carbonyl (C=O) groups excluding carboxylic acids is 1. The number of nitrogens with zero attached hydrogens (tertiary/aromatic N) is 2. The van der Waals surface area contributed by atoms with Gasteiger partial charge in [-0.1, -0.05) is 30.3 Å². The number of aryl methyl sites for hydroxylation is 1. The van der Waals surface area contributed by atoms with Crippen LogP contribution in [0, 0.1) is 0 Å². The SMILES string of the molecule is C[C@H](C(=O)N[C@@H]1CCCc2c1cnn2C)c1ccccc1. The van der Waals surface area contributed by atoms with E-state index in [9.17, 15) is 4.79 Å². The van der Waals surface area contributed by atoms with E-state index in [2.05, 4.69) is 10.4 Å². The van der Waals surface area contributed by atoms with E-state index in [-0.39, 0.29) is 17.9 Å². The van der Waals surface area contributed by atoms with Crippen LogP contribution >= 0.6 is 0 Å². The Bertz CT molecular complexity index is 633. The van der Waals surface area contributed by atoms with E-state index in [1.807, 2.05) is 55.2 Å². The number of aromatic nitrogens is 2. The van der Waals surface area contributed by atoms with Crippen molar-refractivity contribution in [2.75, 3.05) is 0 Å². The van der Waals surface area contributed by atoms with Crippen LogP contribution in [-0.2, 0) is 18.3 Å². The van der Waals surface area contributed by atoms with Crippen molar-refractivity contribution in [2.24, 2.45) is 7.05 Å². The lowest BCUT2D eigenvalue weighted by Gasteiger charge is -2.25. The molecule has 1 N–H and O–H groups in total. The molecule has 3 rings (SSSR count). The van der Waals surface area contributed by atoms with Crippen molar-refractivity contribution in [1.29, 1.82) is 0 Å². The average molecular weight is 283 g/mol. The summed E-state index contributed by atoms with van der Waals surface area (Å²) < 4.78 is 1.92. The first-order valence-electron chi connectivity index (χ1n) is 7.53. The maximum atomic E-state index is 12.5. The van der Waals surface area contributed by atoms with Gasteiger partial charge in [-0.25, -0.2) is 0 Å². The highest BCUT2D eigenvalue weighted by Crippen LogP contribution is 2.30. The molecule has 21 heavy (non-hydrogen) atoms. The molecule has 0 radical (unpaired) electrons. The van der Waals surface area contributed by atoms with Gasteiger partial charge in [0.2, 0.25) is 5.91 Å². The van der Waals surface area contributed by atoms with Crippen molar-refractivity contribution >= 4 is 5.91 Å². The summed E-state index contributed by atoms with van der Waals surface area (Å²) >= 11 is 0. The Morgan fingerprint density at radius 1 is 1.38 bits per heavy atom. The summed E-state index contributed by atoms with van der Waals surface area (Å²) in [7, 11) is 1.97. The summed E-state index contributed by atoms with van der Waals surface area (Å²) in [4.78, 5) is 12.5. The van der Waals surface area contributed by atoms with Gasteiger partial charge in [0.25, 0.3) is 0 Å². The fourth-order valence-electron chi connectivity index (χ4n) is 3.05. The minimum Gasteiger partial charge on any atom is -0.349 e. The zero-order valence-corrected chi connectivity index (χ0v) is 12.5. The maximum absolute atomic E-state index is 12.5. The molecule has 1 aromatic carbocycles. The van der Waals surface area contributed by atoms with Crippen molar-refractivity contribution < 1.29 is 4.79 Å². The molecule has 1 aromatic heterocycles. The monoisotopic (exact) mass is 283 g/mol. The van der Waals surface area contributed by atoms with Gasteiger partial charge in [-0.2, -0.15) is 5.10 Å². The van der Waals surface area contributed by atoms with Crippen LogP contribution in [-0.4, -0.2) is 15.7 Å². The Morgan fingerprint density at radius 3 is 2.90 bits per heavy atom. The molecule has 4 heteroatoms. The second-order valence-electron chi connectivity index (χ2n) is 5.76. The van der Waals surface area contributed by atoms with E-state index < -0.39 is 0 Å². The Hall–Kier alpha value is -2.10. The summed E-state index contributed by atoms with van der Waals surface area (Å²) in [6.45, 7) is 1.96. The van der Waals surface area contributed by atoms with Gasteiger partial charge >= 0.3 is 0 Å². The third-order valence-corrected chi connectivity index (χ3v) is 4.39. The zero-order valence-electron chi connectivity index (χ0n) is 12.5. The van der Waals surface area contributed by atoms with Crippen molar-refractivity contribution in [3.05, 3.63) is 53.3 Å². The number of hydrogen-bond donors (Lipinski definition) is 1. The summed E-state index contributed by atoms with van der Waals surface area (Å²) in [5.41, 5.74) is 3.48. The third-order valence-electron chi connectivity index (χ3n) is 4.39. The minimum absolute atomic E-state index is 0.0860. The first-order valence-corrected chi connectivity index (χ1v) is 7.53. The quantitative estimate of drug-likeness (QED) is 0.941. The lowest BCUT2D eigenvalue weighted by Crippen LogP contribution is -2.33. The fraction of sp³-hybridized carbons (Fsp3) is 0.412. The van der Waals surface area contributed by atoms with Crippen LogP contribution in [0.5, 0.6) is 0 Å². The average Bonchev–Trinajstić information content (AvgIpc) is 2.90. The Labute approximate surface area is 125 Å². The van der Waals surface area contributed by atoms with Gasteiger partial charge in [-0.05, 0) is 31.7 Å². The van der Waals surface area contributed by atoms with Gasteiger partial charge in [-0.15, -0.1) is 0 Å². The molecule has 110 valence electrons. The van der Waals surface area contributed by atoms with Crippen LogP contribution in [0.15, 0.2) is 36.5 Å². The molecule has 1 heterocycles. The van der Waals surface area contributed by atoms with E-state index in [0.29, 0.717) is 0 Å². The highest BCUT2D eigenvalue weighted by Gasteiger charge is 2.26. The molecule has 1 aliphatic rings. The van der Waals surface area contributed by atoms with Crippen LogP contribution in [0.1, 0.15) is 48.5 Å². The van der Waals surface area contributed by atoms with E-state index in [1.54, 1.807) is 0 Å². The Balaban J connectivity index is 1.74. The summed E-state index contributed by atoms with van der Waals surface area (Å²) in [6.07, 6.45) is 5.03. The van der Waals surface area contributed by atoms with Crippen molar-refractivity contribution in [3.63, 3.8) is 0 Å². The molecule has 2 aromatic rings. The van der Waals surface area contributed by atoms with E-state index in [4.69, 9.17) is 0 Å².